The van der Waals surface area contributed by atoms with E-state index < -0.39 is 0 Å². The minimum atomic E-state index is -0.227. The average Bonchev–Trinajstić information content (AvgIpc) is 2.02. The Labute approximate surface area is 111 Å². The lowest BCUT2D eigenvalue weighted by Gasteiger charge is -2.21. The van der Waals surface area contributed by atoms with Crippen molar-refractivity contribution in [3.8, 4) is 0 Å². The number of aliphatic hydroxyl groups is 1. The molecule has 0 saturated heterocycles. The first-order chi connectivity index (χ1) is 6.68. The summed E-state index contributed by atoms with van der Waals surface area (Å²) in [6.07, 6.45) is -0.227. The SMILES string of the molecule is CC(C)S.CC(O)C(C)SC(C)C(C)S. The molecule has 4 atom stereocenters. The maximum Gasteiger partial charge on any atom is 0.0628 e. The predicted octanol–water partition coefficient (Wildman–Crippen LogP) is 3.52. The average molecular weight is 271 g/mol. The van der Waals surface area contributed by atoms with Crippen LogP contribution in [0.3, 0.4) is 0 Å². The second-order valence-electron chi connectivity index (χ2n) is 4.12. The summed E-state index contributed by atoms with van der Waals surface area (Å²) in [4.78, 5) is 0. The lowest BCUT2D eigenvalue weighted by Crippen LogP contribution is -2.21. The zero-order valence-corrected chi connectivity index (χ0v) is 13.2. The van der Waals surface area contributed by atoms with Crippen LogP contribution in [0.25, 0.3) is 0 Å². The van der Waals surface area contributed by atoms with Crippen LogP contribution in [0.2, 0.25) is 0 Å². The molecule has 94 valence electrons. The van der Waals surface area contributed by atoms with Gasteiger partial charge in [0.2, 0.25) is 0 Å². The van der Waals surface area contributed by atoms with Crippen LogP contribution in [0.5, 0.6) is 0 Å². The van der Waals surface area contributed by atoms with Crippen molar-refractivity contribution in [2.45, 2.75) is 68.6 Å². The molecule has 15 heavy (non-hydrogen) atoms. The summed E-state index contributed by atoms with van der Waals surface area (Å²) in [6.45, 7) is 12.2. The second kappa shape index (κ2) is 10.2. The van der Waals surface area contributed by atoms with Crippen LogP contribution in [-0.4, -0.2) is 32.2 Å². The molecule has 4 unspecified atom stereocenters. The minimum absolute atomic E-state index is 0.227. The van der Waals surface area contributed by atoms with E-state index in [0.29, 0.717) is 21.0 Å². The third kappa shape index (κ3) is 15.0. The molecule has 0 radical (unpaired) electrons. The van der Waals surface area contributed by atoms with E-state index in [1.807, 2.05) is 27.7 Å². The van der Waals surface area contributed by atoms with E-state index in [1.54, 1.807) is 11.8 Å². The summed E-state index contributed by atoms with van der Waals surface area (Å²) in [6, 6.07) is 0. The Bertz CT molecular complexity index is 123. The molecule has 0 rings (SSSR count). The summed E-state index contributed by atoms with van der Waals surface area (Å²) >= 11 is 10.1. The van der Waals surface area contributed by atoms with Crippen LogP contribution < -0.4 is 0 Å². The fourth-order valence-electron chi connectivity index (χ4n) is 0.566. The van der Waals surface area contributed by atoms with E-state index in [4.69, 9.17) is 0 Å². The van der Waals surface area contributed by atoms with Crippen molar-refractivity contribution in [2.75, 3.05) is 0 Å². The normalized spacial score (nSPS) is 18.8. The molecule has 0 aliphatic rings. The molecule has 0 saturated carbocycles. The van der Waals surface area contributed by atoms with Crippen molar-refractivity contribution in [3.05, 3.63) is 0 Å². The molecule has 0 aromatic carbocycles. The standard InChI is InChI=1S/C8H18OS2.C3H8S/c1-5(9)7(3)11-8(4)6(2)10;1-3(2)4/h5-10H,1-4H3;3-4H,1-2H3. The van der Waals surface area contributed by atoms with Crippen LogP contribution in [-0.2, 0) is 0 Å². The number of hydrogen-bond donors (Lipinski definition) is 3. The van der Waals surface area contributed by atoms with Gasteiger partial charge in [-0.2, -0.15) is 37.0 Å². The van der Waals surface area contributed by atoms with E-state index in [0.717, 1.165) is 0 Å². The van der Waals surface area contributed by atoms with Gasteiger partial charge in [0.25, 0.3) is 0 Å². The summed E-state index contributed by atoms with van der Waals surface area (Å²) in [5.41, 5.74) is 0. The summed E-state index contributed by atoms with van der Waals surface area (Å²) in [5.74, 6) is 0. The van der Waals surface area contributed by atoms with E-state index in [1.165, 1.54) is 0 Å². The molecule has 0 aromatic heterocycles. The lowest BCUT2D eigenvalue weighted by atomic mass is 10.3. The smallest absolute Gasteiger partial charge is 0.0628 e. The third-order valence-electron chi connectivity index (χ3n) is 1.79. The van der Waals surface area contributed by atoms with Crippen molar-refractivity contribution in [1.29, 1.82) is 0 Å². The van der Waals surface area contributed by atoms with Crippen molar-refractivity contribution < 1.29 is 5.11 Å². The molecule has 0 heterocycles. The Balaban J connectivity index is 0. The van der Waals surface area contributed by atoms with Gasteiger partial charge in [-0.15, -0.1) is 0 Å². The molecule has 1 nitrogen and oxygen atoms in total. The minimum Gasteiger partial charge on any atom is -0.392 e. The Hall–Kier alpha value is 1.01. The Kier molecular flexibility index (Phi) is 12.5. The maximum atomic E-state index is 9.21. The predicted molar refractivity (Wildman–Crippen MR) is 80.8 cm³/mol. The fraction of sp³-hybridized carbons (Fsp3) is 1.00. The monoisotopic (exact) mass is 270 g/mol. The molecule has 4 heteroatoms. The molecular weight excluding hydrogens is 244 g/mol. The van der Waals surface area contributed by atoms with E-state index in [-0.39, 0.29) is 6.10 Å². The quantitative estimate of drug-likeness (QED) is 0.680. The molecule has 0 aliphatic heterocycles. The van der Waals surface area contributed by atoms with Crippen LogP contribution in [0, 0.1) is 0 Å². The van der Waals surface area contributed by atoms with Gasteiger partial charge in [-0.1, -0.05) is 34.6 Å². The van der Waals surface area contributed by atoms with Crippen LogP contribution in [0.15, 0.2) is 0 Å². The Morgan fingerprint density at radius 2 is 1.20 bits per heavy atom. The topological polar surface area (TPSA) is 20.2 Å². The van der Waals surface area contributed by atoms with Crippen LogP contribution in [0.1, 0.15) is 41.5 Å². The first kappa shape index (κ1) is 18.4. The van der Waals surface area contributed by atoms with Gasteiger partial charge in [0, 0.05) is 15.7 Å². The molecule has 1 N–H and O–H groups in total. The summed E-state index contributed by atoms with van der Waals surface area (Å²) in [7, 11) is 0. The third-order valence-corrected chi connectivity index (χ3v) is 4.10. The van der Waals surface area contributed by atoms with Gasteiger partial charge >= 0.3 is 0 Å². The highest BCUT2D eigenvalue weighted by atomic mass is 32.2. The van der Waals surface area contributed by atoms with Crippen LogP contribution in [0.4, 0.5) is 0 Å². The lowest BCUT2D eigenvalue weighted by molar-refractivity contribution is 0.196. The molecule has 0 amide bonds. The number of rotatable bonds is 4. The highest BCUT2D eigenvalue weighted by Crippen LogP contribution is 2.24. The van der Waals surface area contributed by atoms with Crippen molar-refractivity contribution in [2.24, 2.45) is 0 Å². The van der Waals surface area contributed by atoms with E-state index >= 15 is 0 Å². The zero-order valence-electron chi connectivity index (χ0n) is 10.6. The van der Waals surface area contributed by atoms with Crippen molar-refractivity contribution >= 4 is 37.0 Å². The highest BCUT2D eigenvalue weighted by molar-refractivity contribution is 8.01. The number of hydrogen-bond acceptors (Lipinski definition) is 4. The van der Waals surface area contributed by atoms with Crippen molar-refractivity contribution in [3.63, 3.8) is 0 Å². The van der Waals surface area contributed by atoms with Gasteiger partial charge in [0.15, 0.2) is 0 Å². The molecule has 0 fully saturated rings. The Morgan fingerprint density at radius 1 is 0.867 bits per heavy atom. The summed E-state index contributed by atoms with van der Waals surface area (Å²) < 4.78 is 0. The zero-order chi connectivity index (χ0) is 12.6. The van der Waals surface area contributed by atoms with Gasteiger partial charge in [-0.25, -0.2) is 0 Å². The first-order valence-electron chi connectivity index (χ1n) is 5.38. The largest absolute Gasteiger partial charge is 0.392 e. The van der Waals surface area contributed by atoms with Gasteiger partial charge < -0.3 is 5.11 Å². The van der Waals surface area contributed by atoms with E-state index in [2.05, 4.69) is 39.1 Å². The molecular formula is C11H26OS3. The number of aliphatic hydroxyl groups excluding tert-OH is 1. The second-order valence-corrected chi connectivity index (χ2v) is 7.73. The Morgan fingerprint density at radius 3 is 1.40 bits per heavy atom. The van der Waals surface area contributed by atoms with Crippen molar-refractivity contribution in [1.82, 2.24) is 0 Å². The highest BCUT2D eigenvalue weighted by Gasteiger charge is 2.15. The maximum absolute atomic E-state index is 9.21. The van der Waals surface area contributed by atoms with E-state index in [9.17, 15) is 5.11 Å². The first-order valence-corrected chi connectivity index (χ1v) is 7.35. The molecule has 0 spiro atoms. The van der Waals surface area contributed by atoms with Gasteiger partial charge in [0.1, 0.15) is 0 Å². The van der Waals surface area contributed by atoms with Gasteiger partial charge in [-0.05, 0) is 12.2 Å². The van der Waals surface area contributed by atoms with Crippen LogP contribution >= 0.6 is 37.0 Å². The molecule has 0 aromatic rings. The van der Waals surface area contributed by atoms with Gasteiger partial charge in [0.05, 0.1) is 6.10 Å². The molecule has 0 bridgehead atoms. The fourth-order valence-corrected chi connectivity index (χ4v) is 1.91. The van der Waals surface area contributed by atoms with Gasteiger partial charge in [-0.3, -0.25) is 0 Å². The number of thiol groups is 2. The molecule has 0 aliphatic carbocycles. The summed E-state index contributed by atoms with van der Waals surface area (Å²) in [5, 5.41) is 10.9. The number of thioether (sulfide) groups is 1.